The molecule has 3 aromatic rings. The van der Waals surface area contributed by atoms with E-state index in [1.165, 1.54) is 10.7 Å². The molecule has 2 fully saturated rings. The molecule has 16 heteroatoms. The minimum absolute atomic E-state index is 0.0521. The Morgan fingerprint density at radius 3 is 2.46 bits per heavy atom. The first-order valence-corrected chi connectivity index (χ1v) is 13.2. The first-order valence-electron chi connectivity index (χ1n) is 13.2. The van der Waals surface area contributed by atoms with Crippen LogP contribution in [0, 0.1) is 11.8 Å². The van der Waals surface area contributed by atoms with Gasteiger partial charge in [-0.15, -0.1) is 0 Å². The number of imidazole rings is 1. The van der Waals surface area contributed by atoms with Crippen LogP contribution in [0.3, 0.4) is 0 Å². The number of hydrogen-bond acceptors (Lipinski definition) is 8. The first-order chi connectivity index (χ1) is 19.4. The third-order valence-corrected chi connectivity index (χ3v) is 7.52. The van der Waals surface area contributed by atoms with Crippen LogP contribution < -0.4 is 10.6 Å². The SMILES string of the molecule is O=C(CCC(F)(F)F)NC(c1cnn2cc([C@@H](NC(=O)c3nonc3CO)C3CCC(F)(F)CC3)nc2c1)C1CC1. The molecule has 0 bridgehead atoms. The second-order valence-corrected chi connectivity index (χ2v) is 10.6. The van der Waals surface area contributed by atoms with Crippen LogP contribution in [0.1, 0.15) is 90.9 Å². The molecule has 2 aliphatic carbocycles. The zero-order valence-corrected chi connectivity index (χ0v) is 21.7. The van der Waals surface area contributed by atoms with E-state index in [1.807, 2.05) is 0 Å². The Kier molecular flexibility index (Phi) is 7.94. The molecule has 2 saturated carbocycles. The van der Waals surface area contributed by atoms with E-state index in [1.54, 1.807) is 12.3 Å². The lowest BCUT2D eigenvalue weighted by Crippen LogP contribution is -2.37. The number of rotatable bonds is 10. The molecule has 2 amide bonds. The van der Waals surface area contributed by atoms with Gasteiger partial charge in [0.05, 0.1) is 43.2 Å². The summed E-state index contributed by atoms with van der Waals surface area (Å²) in [7, 11) is 0. The van der Waals surface area contributed by atoms with Crippen molar-refractivity contribution in [1.82, 2.24) is 35.5 Å². The average Bonchev–Trinajstić information content (AvgIpc) is 3.48. The number of nitrogens with one attached hydrogen (secondary N) is 2. The van der Waals surface area contributed by atoms with Crippen molar-refractivity contribution in [2.24, 2.45) is 11.8 Å². The third-order valence-electron chi connectivity index (χ3n) is 7.52. The molecule has 0 saturated heterocycles. The van der Waals surface area contributed by atoms with Gasteiger partial charge < -0.3 is 15.7 Å². The lowest BCUT2D eigenvalue weighted by atomic mass is 9.81. The molecule has 3 aromatic heterocycles. The topological polar surface area (TPSA) is 148 Å². The van der Waals surface area contributed by atoms with Crippen LogP contribution >= 0.6 is 0 Å². The zero-order chi connectivity index (χ0) is 29.4. The number of amides is 2. The smallest absolute Gasteiger partial charge is 0.389 e. The highest BCUT2D eigenvalue weighted by Gasteiger charge is 2.40. The van der Waals surface area contributed by atoms with Gasteiger partial charge in [0.2, 0.25) is 11.8 Å². The Morgan fingerprint density at radius 1 is 1.10 bits per heavy atom. The molecule has 0 aromatic carbocycles. The molecule has 2 atom stereocenters. The van der Waals surface area contributed by atoms with Crippen LogP contribution in [0.4, 0.5) is 22.0 Å². The van der Waals surface area contributed by atoms with Crippen LogP contribution in [0.25, 0.3) is 5.65 Å². The highest BCUT2D eigenvalue weighted by molar-refractivity contribution is 5.93. The van der Waals surface area contributed by atoms with E-state index < -0.39 is 61.4 Å². The first kappa shape index (κ1) is 28.8. The Bertz CT molecular complexity index is 1390. The highest BCUT2D eigenvalue weighted by atomic mass is 19.4. The largest absolute Gasteiger partial charge is 0.390 e. The number of carbonyl (C=O) groups excluding carboxylic acids is 2. The standard InChI is InChI=1S/C25H28F5N7O4/c26-24(27)6-3-14(4-7-24)21(34-23(40)22-17(12-38)35-41-36-22)16-11-37-18(32-16)9-15(10-31-37)20(13-1-2-13)33-19(39)5-8-25(28,29)30/h9-11,13-14,20-21,38H,1-8,12H2,(H,33,39)(H,34,40)/t20?,21-/m0/s1. The molecule has 0 radical (unpaired) electrons. The summed E-state index contributed by atoms with van der Waals surface area (Å²) in [6.07, 6.45) is -2.20. The van der Waals surface area contributed by atoms with E-state index in [0.717, 1.165) is 12.8 Å². The van der Waals surface area contributed by atoms with Gasteiger partial charge in [-0.1, -0.05) is 5.16 Å². The number of alkyl halides is 5. The number of hydrogen-bond donors (Lipinski definition) is 3. The van der Waals surface area contributed by atoms with Gasteiger partial charge in [0.1, 0.15) is 5.69 Å². The van der Waals surface area contributed by atoms with Gasteiger partial charge in [0, 0.05) is 19.3 Å². The fourth-order valence-corrected chi connectivity index (χ4v) is 5.15. The molecule has 0 spiro atoms. The molecular formula is C25H28F5N7O4. The van der Waals surface area contributed by atoms with Gasteiger partial charge in [0.25, 0.3) is 5.91 Å². The maximum Gasteiger partial charge on any atom is 0.389 e. The molecular weight excluding hydrogens is 557 g/mol. The highest BCUT2D eigenvalue weighted by Crippen LogP contribution is 2.43. The van der Waals surface area contributed by atoms with Gasteiger partial charge >= 0.3 is 6.18 Å². The lowest BCUT2D eigenvalue weighted by molar-refractivity contribution is -0.144. The summed E-state index contributed by atoms with van der Waals surface area (Å²) in [5.74, 6) is -4.59. The normalized spacial score (nSPS) is 19.2. The second-order valence-electron chi connectivity index (χ2n) is 10.6. The predicted octanol–water partition coefficient (Wildman–Crippen LogP) is 3.81. The number of aromatic nitrogens is 5. The van der Waals surface area contributed by atoms with E-state index in [2.05, 4.69) is 35.7 Å². The Morgan fingerprint density at radius 2 is 1.80 bits per heavy atom. The fourth-order valence-electron chi connectivity index (χ4n) is 5.15. The van der Waals surface area contributed by atoms with Crippen molar-refractivity contribution in [3.8, 4) is 0 Å². The molecule has 5 rings (SSSR count). The van der Waals surface area contributed by atoms with Crippen LogP contribution in [0.2, 0.25) is 0 Å². The number of halogens is 5. The molecule has 3 N–H and O–H groups in total. The summed E-state index contributed by atoms with van der Waals surface area (Å²) in [4.78, 5) is 29.9. The molecule has 2 aliphatic rings. The summed E-state index contributed by atoms with van der Waals surface area (Å²) in [6.45, 7) is -0.595. The number of carbonyl (C=O) groups is 2. The number of aliphatic hydroxyl groups excluding tert-OH is 1. The van der Waals surface area contributed by atoms with Crippen molar-refractivity contribution in [1.29, 1.82) is 0 Å². The molecule has 222 valence electrons. The molecule has 3 heterocycles. The molecule has 41 heavy (non-hydrogen) atoms. The molecule has 11 nitrogen and oxygen atoms in total. The maximum absolute atomic E-state index is 13.9. The van der Waals surface area contributed by atoms with Gasteiger partial charge in [-0.2, -0.15) is 18.3 Å². The molecule has 1 unspecified atom stereocenters. The van der Waals surface area contributed by atoms with Gasteiger partial charge in [-0.25, -0.2) is 22.9 Å². The lowest BCUT2D eigenvalue weighted by Gasteiger charge is -2.33. The maximum atomic E-state index is 13.9. The van der Waals surface area contributed by atoms with E-state index in [0.29, 0.717) is 16.9 Å². The van der Waals surface area contributed by atoms with Crippen LogP contribution in [0.5, 0.6) is 0 Å². The summed E-state index contributed by atoms with van der Waals surface area (Å²) < 4.78 is 71.5. The van der Waals surface area contributed by atoms with Crippen molar-refractivity contribution in [3.63, 3.8) is 0 Å². The van der Waals surface area contributed by atoms with Crippen molar-refractivity contribution >= 4 is 17.5 Å². The quantitative estimate of drug-likeness (QED) is 0.305. The van der Waals surface area contributed by atoms with Crippen LogP contribution in [-0.4, -0.2) is 53.9 Å². The summed E-state index contributed by atoms with van der Waals surface area (Å²) >= 11 is 0. The third kappa shape index (κ3) is 6.97. The van der Waals surface area contributed by atoms with Crippen molar-refractivity contribution in [2.45, 2.75) is 82.2 Å². The van der Waals surface area contributed by atoms with Crippen LogP contribution in [0.15, 0.2) is 23.1 Å². The van der Waals surface area contributed by atoms with Gasteiger partial charge in [-0.3, -0.25) is 9.59 Å². The Hall–Kier alpha value is -3.69. The van der Waals surface area contributed by atoms with Gasteiger partial charge in [0.15, 0.2) is 11.3 Å². The summed E-state index contributed by atoms with van der Waals surface area (Å²) in [5.41, 5.74) is 0.929. The average molecular weight is 586 g/mol. The predicted molar refractivity (Wildman–Crippen MR) is 129 cm³/mol. The van der Waals surface area contributed by atoms with E-state index in [9.17, 15) is 36.6 Å². The monoisotopic (exact) mass is 585 g/mol. The Balaban J connectivity index is 1.40. The number of fused-ring (bicyclic) bond motifs is 1. The van der Waals surface area contributed by atoms with Gasteiger partial charge in [-0.05, 0) is 54.3 Å². The zero-order valence-electron chi connectivity index (χ0n) is 21.7. The van der Waals surface area contributed by atoms with E-state index in [4.69, 9.17) is 0 Å². The van der Waals surface area contributed by atoms with Crippen molar-refractivity contribution < 1.29 is 41.3 Å². The summed E-state index contributed by atoms with van der Waals surface area (Å²) in [6, 6.07) is 0.303. The summed E-state index contributed by atoms with van der Waals surface area (Å²) in [5, 5.41) is 26.2. The van der Waals surface area contributed by atoms with E-state index in [-0.39, 0.29) is 43.0 Å². The Labute approximate surface area is 229 Å². The second kappa shape index (κ2) is 11.3. The fraction of sp³-hybridized carbons (Fsp3) is 0.600. The minimum Gasteiger partial charge on any atom is -0.390 e. The molecule has 0 aliphatic heterocycles. The van der Waals surface area contributed by atoms with Crippen molar-refractivity contribution in [2.75, 3.05) is 0 Å². The number of nitrogens with zero attached hydrogens (tertiary/aromatic N) is 5. The van der Waals surface area contributed by atoms with Crippen LogP contribution in [-0.2, 0) is 11.4 Å². The number of aliphatic hydroxyl groups is 1. The van der Waals surface area contributed by atoms with Crippen molar-refractivity contribution in [3.05, 3.63) is 41.1 Å². The minimum atomic E-state index is -4.44. The van der Waals surface area contributed by atoms with E-state index >= 15 is 0 Å².